The van der Waals surface area contributed by atoms with E-state index >= 15 is 0 Å². The molecule has 2 aromatic carbocycles. The molecule has 170 valence electrons. The molecule has 0 spiro atoms. The highest BCUT2D eigenvalue weighted by Crippen LogP contribution is 2.31. The maximum Gasteiger partial charge on any atom is 0.261 e. The summed E-state index contributed by atoms with van der Waals surface area (Å²) in [5.74, 6) is 0.0469. The lowest BCUT2D eigenvalue weighted by atomic mass is 10.3. The molecule has 3 rings (SSSR count). The molecule has 1 heterocycles. The van der Waals surface area contributed by atoms with Crippen molar-refractivity contribution in [3.05, 3.63) is 42.5 Å². The summed E-state index contributed by atoms with van der Waals surface area (Å²) < 4.78 is 88.4. The first-order chi connectivity index (χ1) is 14.4. The third-order valence-corrected chi connectivity index (χ3v) is 8.66. The predicted octanol–water partition coefficient (Wildman–Crippen LogP) is 0.164. The largest absolute Gasteiger partial charge is 0.495 e. The molecule has 1 fully saturated rings. The highest BCUT2D eigenvalue weighted by Gasteiger charge is 2.30. The van der Waals surface area contributed by atoms with E-state index in [0.717, 1.165) is 18.2 Å². The van der Waals surface area contributed by atoms with Crippen LogP contribution in [0.25, 0.3) is 0 Å². The van der Waals surface area contributed by atoms with Gasteiger partial charge in [-0.3, -0.25) is 4.72 Å². The third kappa shape index (κ3) is 5.16. The van der Waals surface area contributed by atoms with Crippen LogP contribution in [-0.4, -0.2) is 63.0 Å². The number of methoxy groups -OCH3 is 1. The summed E-state index contributed by atoms with van der Waals surface area (Å²) in [6, 6.07) is 8.29. The van der Waals surface area contributed by atoms with Gasteiger partial charge in [0.05, 0.1) is 35.8 Å². The van der Waals surface area contributed by atoms with Gasteiger partial charge in [-0.1, -0.05) is 6.07 Å². The summed E-state index contributed by atoms with van der Waals surface area (Å²) >= 11 is 0. The van der Waals surface area contributed by atoms with Crippen LogP contribution in [0.1, 0.15) is 0 Å². The van der Waals surface area contributed by atoms with Crippen molar-refractivity contribution in [2.24, 2.45) is 5.14 Å². The summed E-state index contributed by atoms with van der Waals surface area (Å²) in [5.41, 5.74) is -0.0476. The number of hydrogen-bond donors (Lipinski definition) is 2. The maximum atomic E-state index is 13.0. The average molecular weight is 492 g/mol. The number of hydrogen-bond acceptors (Lipinski definition) is 8. The molecule has 1 saturated heterocycles. The lowest BCUT2D eigenvalue weighted by Gasteiger charge is -2.26. The number of rotatable bonds is 7. The molecular weight excluding hydrogens is 470 g/mol. The van der Waals surface area contributed by atoms with Crippen LogP contribution in [0, 0.1) is 0 Å². The van der Waals surface area contributed by atoms with E-state index in [2.05, 4.69) is 4.72 Å². The summed E-state index contributed by atoms with van der Waals surface area (Å²) in [5, 5.41) is 5.05. The summed E-state index contributed by atoms with van der Waals surface area (Å²) in [7, 11) is -11.0. The number of sulfonamides is 3. The number of benzene rings is 2. The molecule has 2 aromatic rings. The van der Waals surface area contributed by atoms with Crippen molar-refractivity contribution >= 4 is 35.8 Å². The topological polar surface area (TPSA) is 162 Å². The lowest BCUT2D eigenvalue weighted by Crippen LogP contribution is -2.40. The standard InChI is InChI=1S/C17H21N3O8S3/c1-27-16-6-5-13(11-17(16)31(25,26)20-7-9-28-10-8-20)19-30(23,24)15-4-2-3-14(12-15)29(18,21)22/h2-6,11-12,19H,7-10H2,1H3,(H2,18,21,22). The van der Waals surface area contributed by atoms with E-state index in [4.69, 9.17) is 14.6 Å². The molecule has 0 aliphatic carbocycles. The van der Waals surface area contributed by atoms with Crippen LogP contribution in [0.15, 0.2) is 57.2 Å². The van der Waals surface area contributed by atoms with E-state index in [1.54, 1.807) is 0 Å². The van der Waals surface area contributed by atoms with Crippen molar-refractivity contribution in [3.63, 3.8) is 0 Å². The molecule has 3 N–H and O–H groups in total. The highest BCUT2D eigenvalue weighted by atomic mass is 32.2. The fraction of sp³-hybridized carbons (Fsp3) is 0.294. The van der Waals surface area contributed by atoms with Crippen molar-refractivity contribution in [2.75, 3.05) is 38.1 Å². The van der Waals surface area contributed by atoms with Gasteiger partial charge in [-0.15, -0.1) is 0 Å². The van der Waals surface area contributed by atoms with Crippen LogP contribution in [0.4, 0.5) is 5.69 Å². The van der Waals surface area contributed by atoms with Crippen LogP contribution in [-0.2, 0) is 34.8 Å². The van der Waals surface area contributed by atoms with E-state index in [1.165, 1.54) is 35.7 Å². The number of primary sulfonamides is 1. The van der Waals surface area contributed by atoms with Crippen molar-refractivity contribution in [3.8, 4) is 5.75 Å². The Kier molecular flexibility index (Phi) is 6.59. The Morgan fingerprint density at radius 1 is 0.968 bits per heavy atom. The van der Waals surface area contributed by atoms with Crippen molar-refractivity contribution in [2.45, 2.75) is 14.7 Å². The fourth-order valence-electron chi connectivity index (χ4n) is 2.90. The zero-order valence-corrected chi connectivity index (χ0v) is 18.8. The second-order valence-electron chi connectivity index (χ2n) is 6.51. The van der Waals surface area contributed by atoms with E-state index < -0.39 is 30.1 Å². The normalized spacial score (nSPS) is 16.1. The molecule has 0 unspecified atom stereocenters. The predicted molar refractivity (Wildman–Crippen MR) is 111 cm³/mol. The lowest BCUT2D eigenvalue weighted by molar-refractivity contribution is 0.0729. The highest BCUT2D eigenvalue weighted by molar-refractivity contribution is 7.93. The van der Waals surface area contributed by atoms with Gasteiger partial charge in [0.25, 0.3) is 10.0 Å². The minimum absolute atomic E-state index is 0.0469. The maximum absolute atomic E-state index is 13.0. The Bertz CT molecular complexity index is 1290. The molecule has 0 radical (unpaired) electrons. The molecule has 0 bridgehead atoms. The Morgan fingerprint density at radius 3 is 2.23 bits per heavy atom. The first kappa shape index (κ1) is 23.4. The summed E-state index contributed by atoms with van der Waals surface area (Å²) in [6.07, 6.45) is 0. The van der Waals surface area contributed by atoms with Gasteiger partial charge in [-0.2, -0.15) is 4.31 Å². The fourth-order valence-corrected chi connectivity index (χ4v) is 6.22. The number of nitrogens with two attached hydrogens (primary N) is 1. The van der Waals surface area contributed by atoms with E-state index in [0.29, 0.717) is 0 Å². The summed E-state index contributed by atoms with van der Waals surface area (Å²) in [6.45, 7) is 0.798. The van der Waals surface area contributed by atoms with E-state index in [1.807, 2.05) is 0 Å². The minimum Gasteiger partial charge on any atom is -0.495 e. The molecule has 0 amide bonds. The number of ether oxygens (including phenoxy) is 2. The molecule has 31 heavy (non-hydrogen) atoms. The molecule has 1 aliphatic rings. The van der Waals surface area contributed by atoms with Gasteiger partial charge in [0, 0.05) is 13.1 Å². The third-order valence-electron chi connectivity index (χ3n) is 4.45. The SMILES string of the molecule is COc1ccc(NS(=O)(=O)c2cccc(S(N)(=O)=O)c2)cc1S(=O)(=O)N1CCOCC1. The van der Waals surface area contributed by atoms with Crippen LogP contribution in [0.2, 0.25) is 0 Å². The van der Waals surface area contributed by atoms with Crippen molar-refractivity contribution in [1.29, 1.82) is 0 Å². The van der Waals surface area contributed by atoms with Gasteiger partial charge in [0.15, 0.2) is 0 Å². The van der Waals surface area contributed by atoms with Crippen molar-refractivity contribution in [1.82, 2.24) is 4.31 Å². The summed E-state index contributed by atoms with van der Waals surface area (Å²) in [4.78, 5) is -0.941. The number of nitrogens with one attached hydrogen (secondary N) is 1. The second kappa shape index (κ2) is 8.72. The average Bonchev–Trinajstić information content (AvgIpc) is 2.73. The van der Waals surface area contributed by atoms with Crippen LogP contribution in [0.5, 0.6) is 5.75 Å². The monoisotopic (exact) mass is 491 g/mol. The first-order valence-corrected chi connectivity index (χ1v) is 13.3. The molecule has 0 saturated carbocycles. The number of morpholine rings is 1. The molecule has 0 atom stereocenters. The van der Waals surface area contributed by atoms with Crippen LogP contribution in [0.3, 0.4) is 0 Å². The zero-order valence-electron chi connectivity index (χ0n) is 16.4. The van der Waals surface area contributed by atoms with Crippen LogP contribution < -0.4 is 14.6 Å². The van der Waals surface area contributed by atoms with Gasteiger partial charge in [0.2, 0.25) is 20.0 Å². The molecule has 14 heteroatoms. The van der Waals surface area contributed by atoms with Gasteiger partial charge < -0.3 is 9.47 Å². The Balaban J connectivity index is 1.98. The van der Waals surface area contributed by atoms with Gasteiger partial charge in [0.1, 0.15) is 10.6 Å². The zero-order chi connectivity index (χ0) is 22.9. The molecule has 1 aliphatic heterocycles. The van der Waals surface area contributed by atoms with Crippen molar-refractivity contribution < 1.29 is 34.7 Å². The Hall–Kier alpha value is -2.23. The number of nitrogens with zero attached hydrogens (tertiary/aromatic N) is 1. The Morgan fingerprint density at radius 2 is 1.61 bits per heavy atom. The number of anilines is 1. The first-order valence-electron chi connectivity index (χ1n) is 8.87. The molecule has 0 aromatic heterocycles. The second-order valence-corrected chi connectivity index (χ2v) is 11.7. The molecule has 11 nitrogen and oxygen atoms in total. The van der Waals surface area contributed by atoms with Gasteiger partial charge >= 0.3 is 0 Å². The van der Waals surface area contributed by atoms with Crippen LogP contribution >= 0.6 is 0 Å². The Labute approximate surface area is 180 Å². The minimum atomic E-state index is -4.24. The van der Waals surface area contributed by atoms with Gasteiger partial charge in [-0.05, 0) is 36.4 Å². The smallest absolute Gasteiger partial charge is 0.261 e. The van der Waals surface area contributed by atoms with E-state index in [-0.39, 0.29) is 52.4 Å². The molecular formula is C17H21N3O8S3. The van der Waals surface area contributed by atoms with E-state index in [9.17, 15) is 25.3 Å². The van der Waals surface area contributed by atoms with Gasteiger partial charge in [-0.25, -0.2) is 30.4 Å². The quantitative estimate of drug-likeness (QED) is 0.553.